The van der Waals surface area contributed by atoms with Crippen molar-refractivity contribution >= 4 is 17.7 Å². The Morgan fingerprint density at radius 3 is 2.67 bits per heavy atom. The molecule has 0 heterocycles. The molecule has 1 aromatic carbocycles. The Labute approximate surface area is 92.2 Å². The number of rotatable bonds is 4. The Hall–Kier alpha value is -1.07. The van der Waals surface area contributed by atoms with Gasteiger partial charge in [0.25, 0.3) is 0 Å². The third kappa shape index (κ3) is 4.31. The van der Waals surface area contributed by atoms with Gasteiger partial charge in [0.2, 0.25) is 5.91 Å². The van der Waals surface area contributed by atoms with E-state index in [-0.39, 0.29) is 17.0 Å². The molecule has 15 heavy (non-hydrogen) atoms. The van der Waals surface area contributed by atoms with E-state index in [9.17, 15) is 9.18 Å². The van der Waals surface area contributed by atoms with Crippen LogP contribution in [-0.4, -0.2) is 11.2 Å². The van der Waals surface area contributed by atoms with Crippen molar-refractivity contribution in [1.29, 1.82) is 0 Å². The van der Waals surface area contributed by atoms with Crippen molar-refractivity contribution in [3.63, 3.8) is 0 Å². The third-order valence-electron chi connectivity index (χ3n) is 1.78. The molecule has 1 amide bonds. The van der Waals surface area contributed by atoms with E-state index in [1.807, 2.05) is 6.92 Å². The molecule has 0 aromatic heterocycles. The molecule has 3 N–H and O–H groups in total. The Morgan fingerprint density at radius 1 is 1.53 bits per heavy atom. The quantitative estimate of drug-likeness (QED) is 0.357. The number of hydrogen-bond acceptors (Lipinski definition) is 3. The van der Waals surface area contributed by atoms with Gasteiger partial charge in [-0.15, -0.1) is 11.8 Å². The largest absolute Gasteiger partial charge is 0.294 e. The normalized spacial score (nSPS) is 12.2. The highest BCUT2D eigenvalue weighted by molar-refractivity contribution is 8.00. The van der Waals surface area contributed by atoms with E-state index in [2.05, 4.69) is 5.43 Å². The monoisotopic (exact) mass is 228 g/mol. The zero-order valence-electron chi connectivity index (χ0n) is 8.37. The molecule has 5 heteroatoms. The number of benzene rings is 1. The van der Waals surface area contributed by atoms with Gasteiger partial charge < -0.3 is 0 Å². The molecule has 3 nitrogen and oxygen atoms in total. The molecule has 0 aliphatic carbocycles. The lowest BCUT2D eigenvalue weighted by atomic mass is 10.3. The van der Waals surface area contributed by atoms with Crippen LogP contribution in [0.1, 0.15) is 13.3 Å². The summed E-state index contributed by atoms with van der Waals surface area (Å²) in [5.74, 6) is 4.52. The molecule has 1 atom stereocenters. The summed E-state index contributed by atoms with van der Waals surface area (Å²) in [4.78, 5) is 11.9. The highest BCUT2D eigenvalue weighted by atomic mass is 32.2. The summed E-state index contributed by atoms with van der Waals surface area (Å²) in [6, 6.07) is 6.18. The maximum absolute atomic E-state index is 12.6. The molecule has 0 radical (unpaired) electrons. The molecule has 0 fully saturated rings. The molecule has 1 rings (SSSR count). The highest BCUT2D eigenvalue weighted by Gasteiger charge is 2.09. The van der Waals surface area contributed by atoms with Gasteiger partial charge in [-0.3, -0.25) is 10.2 Å². The van der Waals surface area contributed by atoms with Crippen LogP contribution in [0.4, 0.5) is 4.39 Å². The predicted octanol–water partition coefficient (Wildman–Crippen LogP) is 1.69. The number of amides is 1. The fourth-order valence-corrected chi connectivity index (χ4v) is 2.10. The maximum atomic E-state index is 12.6. The number of nitrogens with two attached hydrogens (primary N) is 1. The molecular weight excluding hydrogens is 215 g/mol. The lowest BCUT2D eigenvalue weighted by Gasteiger charge is -2.09. The maximum Gasteiger partial charge on any atom is 0.234 e. The molecule has 1 aromatic rings. The first kappa shape index (κ1) is 12.0. The molecule has 0 saturated heterocycles. The Morgan fingerprint density at radius 2 is 2.13 bits per heavy atom. The number of nitrogens with one attached hydrogen (secondary N) is 1. The van der Waals surface area contributed by atoms with Crippen molar-refractivity contribution in [2.75, 3.05) is 0 Å². The smallest absolute Gasteiger partial charge is 0.234 e. The van der Waals surface area contributed by atoms with Crippen molar-refractivity contribution in [2.45, 2.75) is 23.5 Å². The van der Waals surface area contributed by atoms with E-state index in [0.717, 1.165) is 4.90 Å². The van der Waals surface area contributed by atoms with Crippen molar-refractivity contribution in [3.8, 4) is 0 Å². The van der Waals surface area contributed by atoms with Gasteiger partial charge in [-0.05, 0) is 24.3 Å². The molecule has 0 spiro atoms. The van der Waals surface area contributed by atoms with Gasteiger partial charge in [0.1, 0.15) is 5.82 Å². The van der Waals surface area contributed by atoms with E-state index in [4.69, 9.17) is 5.84 Å². The second kappa shape index (κ2) is 5.72. The fraction of sp³-hybridized carbons (Fsp3) is 0.300. The van der Waals surface area contributed by atoms with E-state index in [1.54, 1.807) is 12.1 Å². The predicted molar refractivity (Wildman–Crippen MR) is 58.7 cm³/mol. The second-order valence-corrected chi connectivity index (χ2v) is 4.67. The zero-order chi connectivity index (χ0) is 11.3. The van der Waals surface area contributed by atoms with Gasteiger partial charge in [0.15, 0.2) is 0 Å². The van der Waals surface area contributed by atoms with Gasteiger partial charge >= 0.3 is 0 Å². The average molecular weight is 228 g/mol. The van der Waals surface area contributed by atoms with Gasteiger partial charge in [-0.25, -0.2) is 10.2 Å². The number of hydrazine groups is 1. The summed E-state index contributed by atoms with van der Waals surface area (Å²) in [5, 5.41) is 0.110. The molecular formula is C10H13FN2OS. The van der Waals surface area contributed by atoms with Crippen LogP contribution >= 0.6 is 11.8 Å². The number of carbonyl (C=O) groups excluding carboxylic acids is 1. The average Bonchev–Trinajstić information content (AvgIpc) is 2.21. The van der Waals surface area contributed by atoms with Crippen molar-refractivity contribution < 1.29 is 9.18 Å². The minimum atomic E-state index is -0.258. The summed E-state index contributed by atoms with van der Waals surface area (Å²) in [7, 11) is 0. The summed E-state index contributed by atoms with van der Waals surface area (Å²) >= 11 is 1.51. The molecule has 82 valence electrons. The fourth-order valence-electron chi connectivity index (χ4n) is 1.11. The third-order valence-corrected chi connectivity index (χ3v) is 2.90. The van der Waals surface area contributed by atoms with Crippen LogP contribution in [0, 0.1) is 5.82 Å². The van der Waals surface area contributed by atoms with Gasteiger partial charge in [-0.2, -0.15) is 0 Å². The number of hydrogen-bond donors (Lipinski definition) is 2. The Balaban J connectivity index is 2.47. The first-order valence-corrected chi connectivity index (χ1v) is 5.41. The van der Waals surface area contributed by atoms with Crippen LogP contribution in [0.5, 0.6) is 0 Å². The van der Waals surface area contributed by atoms with Crippen LogP contribution < -0.4 is 11.3 Å². The summed E-state index contributed by atoms with van der Waals surface area (Å²) in [6.07, 6.45) is 0.346. The number of halogens is 1. The van der Waals surface area contributed by atoms with Crippen molar-refractivity contribution in [2.24, 2.45) is 5.84 Å². The van der Waals surface area contributed by atoms with E-state index in [1.165, 1.54) is 23.9 Å². The minimum Gasteiger partial charge on any atom is -0.294 e. The standard InChI is InChI=1S/C10H13FN2OS/c1-7(6-10(14)13-12)15-9-4-2-8(11)3-5-9/h2-5,7H,6,12H2,1H3,(H,13,14). The Kier molecular flexibility index (Phi) is 4.58. The molecule has 1 unspecified atom stereocenters. The van der Waals surface area contributed by atoms with E-state index >= 15 is 0 Å². The molecule has 0 aliphatic heterocycles. The first-order valence-electron chi connectivity index (χ1n) is 4.53. The summed E-state index contributed by atoms with van der Waals surface area (Å²) in [5.41, 5.74) is 2.08. The Bertz CT molecular complexity index is 329. The zero-order valence-corrected chi connectivity index (χ0v) is 9.18. The van der Waals surface area contributed by atoms with Crippen molar-refractivity contribution in [3.05, 3.63) is 30.1 Å². The SMILES string of the molecule is CC(CC(=O)NN)Sc1ccc(F)cc1. The van der Waals surface area contributed by atoms with Gasteiger partial charge in [0.05, 0.1) is 0 Å². The molecule has 0 bridgehead atoms. The lowest BCUT2D eigenvalue weighted by molar-refractivity contribution is -0.121. The minimum absolute atomic E-state index is 0.110. The van der Waals surface area contributed by atoms with Crippen LogP contribution in [0.25, 0.3) is 0 Å². The topological polar surface area (TPSA) is 55.1 Å². The number of carbonyl (C=O) groups is 1. The summed E-state index contributed by atoms with van der Waals surface area (Å²) in [6.45, 7) is 1.92. The van der Waals surface area contributed by atoms with Gasteiger partial charge in [-0.1, -0.05) is 6.92 Å². The first-order chi connectivity index (χ1) is 7.11. The molecule has 0 saturated carbocycles. The summed E-state index contributed by atoms with van der Waals surface area (Å²) < 4.78 is 12.6. The van der Waals surface area contributed by atoms with Crippen LogP contribution in [0.2, 0.25) is 0 Å². The van der Waals surface area contributed by atoms with Gasteiger partial charge in [0, 0.05) is 16.6 Å². The lowest BCUT2D eigenvalue weighted by Crippen LogP contribution is -2.31. The van der Waals surface area contributed by atoms with E-state index in [0.29, 0.717) is 6.42 Å². The van der Waals surface area contributed by atoms with Crippen LogP contribution in [-0.2, 0) is 4.79 Å². The van der Waals surface area contributed by atoms with Crippen molar-refractivity contribution in [1.82, 2.24) is 5.43 Å². The molecule has 0 aliphatic rings. The highest BCUT2D eigenvalue weighted by Crippen LogP contribution is 2.24. The van der Waals surface area contributed by atoms with E-state index < -0.39 is 0 Å². The van der Waals surface area contributed by atoms with Crippen LogP contribution in [0.3, 0.4) is 0 Å². The number of thioether (sulfide) groups is 1. The van der Waals surface area contributed by atoms with Crippen LogP contribution in [0.15, 0.2) is 29.2 Å². The second-order valence-electron chi connectivity index (χ2n) is 3.15.